The van der Waals surface area contributed by atoms with E-state index in [1.54, 1.807) is 0 Å². The van der Waals surface area contributed by atoms with Gasteiger partial charge in [-0.05, 0) is 0 Å². The van der Waals surface area contributed by atoms with Crippen LogP contribution in [0.1, 0.15) is 39.5 Å². The van der Waals surface area contributed by atoms with Gasteiger partial charge in [-0.3, -0.25) is 0 Å². The second-order valence-corrected chi connectivity index (χ2v) is 1.71. The summed E-state index contributed by atoms with van der Waals surface area (Å²) in [6.07, 6.45) is 4.56. The molecule has 0 saturated carbocycles. The number of unbranched alkanes of at least 4 members (excludes halogenated alkanes) is 2. The molecular weight excluding hydrogens is 192 g/mol. The normalized spacial score (nSPS) is 6.67. The molecule has 0 N–H and O–H groups in total. The maximum Gasteiger partial charge on any atom is 2.00 e. The molecule has 0 aliphatic carbocycles. The Morgan fingerprint density at radius 3 is 1.00 bits per heavy atom. The summed E-state index contributed by atoms with van der Waals surface area (Å²) in [5, 5.41) is 0. The molecule has 0 aromatic carbocycles. The first-order valence-corrected chi connectivity index (χ1v) is 3.41. The smallest absolute Gasteiger partial charge is 0.343 e. The van der Waals surface area contributed by atoms with E-state index in [9.17, 15) is 0 Å². The number of rotatable bonds is 2. The van der Waals surface area contributed by atoms with Crippen LogP contribution >= 0.6 is 0 Å². The van der Waals surface area contributed by atoms with Crippen LogP contribution < -0.4 is 0 Å². The van der Waals surface area contributed by atoms with Crippen molar-refractivity contribution >= 4 is 0 Å². The van der Waals surface area contributed by atoms with E-state index < -0.39 is 0 Å². The average Bonchev–Trinajstić information content (AvgIpc) is 1.88. The Morgan fingerprint density at radius 1 is 0.889 bits per heavy atom. The van der Waals surface area contributed by atoms with Gasteiger partial charge in [-0.25, -0.2) is 0 Å². The molecule has 0 spiro atoms. The fraction of sp³-hybridized carbons (Fsp3) is 0.750. The van der Waals surface area contributed by atoms with E-state index in [-0.39, 0.29) is 21.1 Å². The van der Waals surface area contributed by atoms with Crippen LogP contribution in [0, 0.1) is 13.8 Å². The van der Waals surface area contributed by atoms with E-state index in [1.807, 2.05) is 0 Å². The van der Waals surface area contributed by atoms with Gasteiger partial charge >= 0.3 is 21.1 Å². The van der Waals surface area contributed by atoms with Gasteiger partial charge in [0.05, 0.1) is 0 Å². The summed E-state index contributed by atoms with van der Waals surface area (Å²) in [5.74, 6) is 0. The maximum atomic E-state index is 3.60. The molecule has 0 atom stereocenters. The largest absolute Gasteiger partial charge is 2.00 e. The van der Waals surface area contributed by atoms with Crippen molar-refractivity contribution in [3.05, 3.63) is 13.8 Å². The summed E-state index contributed by atoms with van der Waals surface area (Å²) in [7, 11) is 0. The van der Waals surface area contributed by atoms with Crippen molar-refractivity contribution < 1.29 is 21.1 Å². The van der Waals surface area contributed by atoms with E-state index in [1.165, 1.54) is 12.8 Å². The topological polar surface area (TPSA) is 0 Å². The first-order chi connectivity index (χ1) is 3.83. The van der Waals surface area contributed by atoms with Crippen molar-refractivity contribution in [1.29, 1.82) is 0 Å². The van der Waals surface area contributed by atoms with Crippen LogP contribution in [0.5, 0.6) is 0 Å². The Bertz CT molecular complexity index is 12.5. The molecule has 0 aromatic heterocycles. The van der Waals surface area contributed by atoms with Gasteiger partial charge in [0.25, 0.3) is 0 Å². The molecule has 9 heavy (non-hydrogen) atoms. The SMILES string of the molecule is [CH2-]CCC.[CH2-]CCC.[Mo+2]. The first-order valence-electron chi connectivity index (χ1n) is 3.41. The predicted octanol–water partition coefficient (Wildman–Crippen LogP) is 3.24. The molecule has 0 aliphatic rings. The predicted molar refractivity (Wildman–Crippen MR) is 40.5 cm³/mol. The van der Waals surface area contributed by atoms with Gasteiger partial charge in [-0.2, -0.15) is 12.8 Å². The van der Waals surface area contributed by atoms with E-state index >= 15 is 0 Å². The quantitative estimate of drug-likeness (QED) is 0.484. The molecule has 0 nitrogen and oxygen atoms in total. The van der Waals surface area contributed by atoms with Crippen LogP contribution in [-0.4, -0.2) is 0 Å². The number of hydrogen-bond donors (Lipinski definition) is 0. The van der Waals surface area contributed by atoms with Gasteiger partial charge in [-0.15, -0.1) is 0 Å². The fourth-order valence-corrected chi connectivity index (χ4v) is 0. The molecular formula is C8H18Mo. The van der Waals surface area contributed by atoms with Gasteiger partial charge in [0, 0.05) is 0 Å². The van der Waals surface area contributed by atoms with Crippen LogP contribution in [0.4, 0.5) is 0 Å². The minimum atomic E-state index is 0. The molecule has 0 heterocycles. The van der Waals surface area contributed by atoms with Crippen molar-refractivity contribution in [2.75, 3.05) is 0 Å². The standard InChI is InChI=1S/2C4H9.Mo/c2*1-3-4-2;/h2*1,3-4H2,2H3;/q2*-1;+2. The Balaban J connectivity index is -0.0000000720. The molecule has 56 valence electrons. The second-order valence-electron chi connectivity index (χ2n) is 1.71. The van der Waals surface area contributed by atoms with Crippen LogP contribution in [0.25, 0.3) is 0 Å². The Kier molecular flexibility index (Phi) is 42.4. The molecule has 0 aliphatic heterocycles. The van der Waals surface area contributed by atoms with Crippen LogP contribution in [0.3, 0.4) is 0 Å². The third-order valence-corrected chi connectivity index (χ3v) is 0.707. The first kappa shape index (κ1) is 16.3. The van der Waals surface area contributed by atoms with Gasteiger partial charge in [0.2, 0.25) is 0 Å². The summed E-state index contributed by atoms with van der Waals surface area (Å²) < 4.78 is 0. The minimum absolute atomic E-state index is 0. The molecule has 1 heteroatoms. The Labute approximate surface area is 74.7 Å². The number of hydrogen-bond acceptors (Lipinski definition) is 0. The zero-order chi connectivity index (χ0) is 6.83. The summed E-state index contributed by atoms with van der Waals surface area (Å²) >= 11 is 0. The van der Waals surface area contributed by atoms with Crippen molar-refractivity contribution in [2.24, 2.45) is 0 Å². The summed E-state index contributed by atoms with van der Waals surface area (Å²) in [6, 6.07) is 0. The summed E-state index contributed by atoms with van der Waals surface area (Å²) in [6.45, 7) is 11.4. The Morgan fingerprint density at radius 2 is 1.00 bits per heavy atom. The van der Waals surface area contributed by atoms with Crippen molar-refractivity contribution in [1.82, 2.24) is 0 Å². The molecule has 0 amide bonds. The van der Waals surface area contributed by atoms with Crippen molar-refractivity contribution in [2.45, 2.75) is 39.5 Å². The third kappa shape index (κ3) is 53.8. The Hall–Kier alpha value is 0.688. The molecule has 0 unspecified atom stereocenters. The maximum absolute atomic E-state index is 3.60. The summed E-state index contributed by atoms with van der Waals surface area (Å²) in [4.78, 5) is 0. The zero-order valence-electron chi connectivity index (χ0n) is 6.65. The van der Waals surface area contributed by atoms with Crippen LogP contribution in [0.15, 0.2) is 0 Å². The van der Waals surface area contributed by atoms with Crippen LogP contribution in [-0.2, 0) is 21.1 Å². The summed E-state index contributed by atoms with van der Waals surface area (Å²) in [5.41, 5.74) is 0. The van der Waals surface area contributed by atoms with E-state index in [0.717, 1.165) is 12.8 Å². The molecule has 0 aromatic rings. The zero-order valence-corrected chi connectivity index (χ0v) is 8.66. The molecule has 0 rings (SSSR count). The third-order valence-electron chi connectivity index (χ3n) is 0.707. The van der Waals surface area contributed by atoms with Gasteiger partial charge < -0.3 is 13.8 Å². The average molecular weight is 210 g/mol. The monoisotopic (exact) mass is 212 g/mol. The minimum Gasteiger partial charge on any atom is -0.343 e. The van der Waals surface area contributed by atoms with Gasteiger partial charge in [-0.1, -0.05) is 26.7 Å². The van der Waals surface area contributed by atoms with Crippen LogP contribution in [0.2, 0.25) is 0 Å². The van der Waals surface area contributed by atoms with E-state index in [0.29, 0.717) is 0 Å². The second kappa shape index (κ2) is 23.4. The van der Waals surface area contributed by atoms with E-state index in [4.69, 9.17) is 0 Å². The molecule has 0 radical (unpaired) electrons. The molecule has 0 saturated heterocycles. The molecule has 0 fully saturated rings. The van der Waals surface area contributed by atoms with Crippen molar-refractivity contribution in [3.63, 3.8) is 0 Å². The fourth-order valence-electron chi connectivity index (χ4n) is 0. The van der Waals surface area contributed by atoms with Gasteiger partial charge in [0.1, 0.15) is 0 Å². The molecule has 0 bridgehead atoms. The van der Waals surface area contributed by atoms with E-state index in [2.05, 4.69) is 27.7 Å². The van der Waals surface area contributed by atoms with Gasteiger partial charge in [0.15, 0.2) is 0 Å². The van der Waals surface area contributed by atoms with Crippen molar-refractivity contribution in [3.8, 4) is 0 Å².